The molecule has 0 aliphatic carbocycles. The van der Waals surface area contributed by atoms with E-state index >= 15 is 0 Å². The summed E-state index contributed by atoms with van der Waals surface area (Å²) in [5, 5.41) is 55.6. The summed E-state index contributed by atoms with van der Waals surface area (Å²) >= 11 is 1.25. The number of carbonyl (C=O) groups is 9. The first-order chi connectivity index (χ1) is 38.8. The standard InChI is InChI=1S/C55H62N4O21S/c1-74-37-23-32-27-58(28-33(32)24-40(37)77-20-6-19-76-39-22-31-25-42(35(60)9-14-48(66)67)81-41(31)26-38(39)75-2)45(63)13-15-49(68)78-29-30-8-10-36(79-55-52(71)50(69)51(70)53(80-55)54(72)73)34(21-30)57-44(62)16-17-56-43(61)7-4-3-5-18-59-46(64)11-12-47(59)65/h8,10-12,21-26,50-53,55,69-71H,3-7,9,13-20,27-29H2,1-2H3,(H,56,61)(H,57,62)(H,66,67)(H,72,73)/t50-,51-,52+,53-,55+/m0/s1. The van der Waals surface area contributed by atoms with Crippen LogP contribution in [0, 0.1) is 0 Å². The fraction of sp³-hybridized carbons (Fsp3) is 0.436. The number of ketones is 1. The van der Waals surface area contributed by atoms with Crippen molar-refractivity contribution < 1.29 is 102 Å². The molecular formula is C55H62N4O21S. The number of carbonyl (C=O) groups excluding carboxylic acids is 7. The normalized spacial score (nSPS) is 18.3. The number of benzene rings is 3. The second-order valence-corrected chi connectivity index (χ2v) is 20.1. The zero-order chi connectivity index (χ0) is 58.3. The number of Topliss-reactive ketones (excluding diaryl/α,β-unsaturated/α-hetero) is 1. The maximum absolute atomic E-state index is 13.4. The van der Waals surface area contributed by atoms with Crippen LogP contribution in [0.1, 0.15) is 90.6 Å². The number of amides is 5. The Labute approximate surface area is 467 Å². The van der Waals surface area contributed by atoms with Crippen molar-refractivity contribution in [2.24, 2.45) is 0 Å². The third-order valence-corrected chi connectivity index (χ3v) is 14.3. The van der Waals surface area contributed by atoms with Gasteiger partial charge in [-0.1, -0.05) is 12.5 Å². The van der Waals surface area contributed by atoms with Crippen molar-refractivity contribution in [3.8, 4) is 28.7 Å². The van der Waals surface area contributed by atoms with Gasteiger partial charge in [-0.15, -0.1) is 11.3 Å². The number of ether oxygens (including phenoxy) is 7. The lowest BCUT2D eigenvalue weighted by molar-refractivity contribution is -0.271. The number of anilines is 1. The van der Waals surface area contributed by atoms with E-state index in [0.29, 0.717) is 59.1 Å². The minimum Gasteiger partial charge on any atom is -0.493 e. The fourth-order valence-corrected chi connectivity index (χ4v) is 9.86. The van der Waals surface area contributed by atoms with Crippen LogP contribution in [-0.4, -0.2) is 160 Å². The van der Waals surface area contributed by atoms with Crippen molar-refractivity contribution in [1.29, 1.82) is 0 Å². The van der Waals surface area contributed by atoms with Crippen molar-refractivity contribution in [1.82, 2.24) is 15.1 Å². The molecule has 1 fully saturated rings. The Morgan fingerprint density at radius 1 is 0.691 bits per heavy atom. The number of nitrogens with zero attached hydrogens (tertiary/aromatic N) is 2. The van der Waals surface area contributed by atoms with Crippen LogP contribution in [0.3, 0.4) is 0 Å². The summed E-state index contributed by atoms with van der Waals surface area (Å²) in [6.45, 7) is 0.798. The van der Waals surface area contributed by atoms with E-state index in [1.54, 1.807) is 35.2 Å². The number of thiophene rings is 1. The first-order valence-corrected chi connectivity index (χ1v) is 26.7. The lowest BCUT2D eigenvalue weighted by atomic mass is 9.99. The first-order valence-electron chi connectivity index (χ1n) is 25.9. The number of aliphatic carboxylic acids is 2. The summed E-state index contributed by atoms with van der Waals surface area (Å²) in [6.07, 6.45) is -6.27. The topological polar surface area (TPSA) is 350 Å². The molecule has 3 aliphatic rings. The van der Waals surface area contributed by atoms with Gasteiger partial charge in [0.2, 0.25) is 24.0 Å². The number of rotatable bonds is 30. The molecule has 0 radical (unpaired) electrons. The van der Waals surface area contributed by atoms with E-state index in [-0.39, 0.29) is 125 Å². The average molecular weight is 1150 g/mol. The van der Waals surface area contributed by atoms with Crippen LogP contribution in [-0.2, 0) is 67.5 Å². The monoisotopic (exact) mass is 1150 g/mol. The third-order valence-electron chi connectivity index (χ3n) is 13.2. The molecule has 0 unspecified atom stereocenters. The zero-order valence-electron chi connectivity index (χ0n) is 44.3. The van der Waals surface area contributed by atoms with Gasteiger partial charge in [-0.05, 0) is 71.3 Å². The average Bonchev–Trinajstić information content (AvgIpc) is 4.24. The summed E-state index contributed by atoms with van der Waals surface area (Å²) in [4.78, 5) is 114. The molecule has 1 saturated heterocycles. The number of methoxy groups -OCH3 is 2. The van der Waals surface area contributed by atoms with Gasteiger partial charge in [0.05, 0.1) is 50.8 Å². The Hall–Kier alpha value is -8.17. The Morgan fingerprint density at radius 2 is 1.37 bits per heavy atom. The lowest BCUT2D eigenvalue weighted by Crippen LogP contribution is -2.61. The quantitative estimate of drug-likeness (QED) is 0.0170. The Morgan fingerprint density at radius 3 is 2.05 bits per heavy atom. The molecule has 4 aromatic rings. The number of aliphatic hydroxyl groups is 3. The minimum atomic E-state index is -2.00. The van der Waals surface area contributed by atoms with Gasteiger partial charge in [0.25, 0.3) is 11.8 Å². The number of carboxylic acids is 2. The first kappa shape index (κ1) is 60.5. The molecule has 81 heavy (non-hydrogen) atoms. The predicted molar refractivity (Wildman–Crippen MR) is 283 cm³/mol. The molecule has 7 N–H and O–H groups in total. The minimum absolute atomic E-state index is 0.0644. The van der Waals surface area contributed by atoms with Crippen LogP contribution in [0.4, 0.5) is 5.69 Å². The number of nitrogens with one attached hydrogen (secondary N) is 2. The molecular weight excluding hydrogens is 1080 g/mol. The molecule has 25 nitrogen and oxygen atoms in total. The maximum Gasteiger partial charge on any atom is 0.335 e. The number of fused-ring (bicyclic) bond motifs is 2. The number of esters is 1. The number of unbranched alkanes of at least 4 members (excludes halogenated alkanes) is 2. The fourth-order valence-electron chi connectivity index (χ4n) is 8.82. The van der Waals surface area contributed by atoms with E-state index in [2.05, 4.69) is 10.6 Å². The number of carboxylic acid groups (broad SMARTS) is 2. The Bertz CT molecular complexity index is 3030. The highest BCUT2D eigenvalue weighted by atomic mass is 32.1. The van der Waals surface area contributed by atoms with E-state index in [0.717, 1.165) is 26.1 Å². The van der Waals surface area contributed by atoms with Gasteiger partial charge in [0, 0.05) is 81.2 Å². The Kier molecular flexibility index (Phi) is 21.1. The summed E-state index contributed by atoms with van der Waals surface area (Å²) in [6, 6.07) is 12.9. The molecule has 0 bridgehead atoms. The van der Waals surface area contributed by atoms with Gasteiger partial charge in [-0.25, -0.2) is 4.79 Å². The highest BCUT2D eigenvalue weighted by Crippen LogP contribution is 2.39. The largest absolute Gasteiger partial charge is 0.493 e. The van der Waals surface area contributed by atoms with Crippen molar-refractivity contribution >= 4 is 80.3 Å². The summed E-state index contributed by atoms with van der Waals surface area (Å²) in [5.74, 6) is -4.07. The highest BCUT2D eigenvalue weighted by molar-refractivity contribution is 7.20. The third kappa shape index (κ3) is 16.2. The van der Waals surface area contributed by atoms with Crippen molar-refractivity contribution in [3.63, 3.8) is 0 Å². The van der Waals surface area contributed by atoms with Crippen LogP contribution in [0.5, 0.6) is 28.7 Å². The van der Waals surface area contributed by atoms with Crippen LogP contribution >= 0.6 is 11.3 Å². The molecule has 3 aromatic carbocycles. The molecule has 5 amide bonds. The number of hydrogen-bond acceptors (Lipinski definition) is 20. The maximum atomic E-state index is 13.4. The van der Waals surface area contributed by atoms with Gasteiger partial charge >= 0.3 is 17.9 Å². The molecule has 26 heteroatoms. The molecule has 1 aromatic heterocycles. The van der Waals surface area contributed by atoms with Crippen molar-refractivity contribution in [2.75, 3.05) is 45.8 Å². The molecule has 5 atom stereocenters. The van der Waals surface area contributed by atoms with Gasteiger partial charge in [0.1, 0.15) is 30.7 Å². The van der Waals surface area contributed by atoms with Crippen molar-refractivity contribution in [3.05, 3.63) is 82.3 Å². The highest BCUT2D eigenvalue weighted by Gasteiger charge is 2.48. The van der Waals surface area contributed by atoms with E-state index in [4.69, 9.17) is 38.3 Å². The summed E-state index contributed by atoms with van der Waals surface area (Å²) in [5.41, 5.74) is 1.90. The van der Waals surface area contributed by atoms with E-state index in [1.165, 1.54) is 55.9 Å². The Balaban J connectivity index is 0.873. The summed E-state index contributed by atoms with van der Waals surface area (Å²) in [7, 11) is 3.00. The molecule has 0 saturated carbocycles. The van der Waals surface area contributed by atoms with E-state index in [9.17, 15) is 63.6 Å². The van der Waals surface area contributed by atoms with Crippen LogP contribution in [0.15, 0.2) is 60.7 Å². The second kappa shape index (κ2) is 28.3. The SMILES string of the molecule is COc1cc2c(cc1OCCCOc1cc3cc(C(=O)CCC(=O)O)sc3cc1OC)CN(C(=O)CCC(=O)OCc1ccc(O[C@@H]3O[C@H](C(=O)O)[C@@H](O)[C@H](O)[C@H]3O)c(NC(=O)CCNC(=O)CCCCCN3C(=O)C=CC3=O)c1)C2. The van der Waals surface area contributed by atoms with Crippen molar-refractivity contribution in [2.45, 2.75) is 115 Å². The van der Waals surface area contributed by atoms with Gasteiger partial charge in [-0.3, -0.25) is 43.3 Å². The summed E-state index contributed by atoms with van der Waals surface area (Å²) < 4.78 is 40.5. The molecule has 4 heterocycles. The second-order valence-electron chi connectivity index (χ2n) is 19.0. The molecule has 0 spiro atoms. The van der Waals surface area contributed by atoms with Crippen LogP contribution in [0.25, 0.3) is 10.1 Å². The number of hydrogen-bond donors (Lipinski definition) is 7. The van der Waals surface area contributed by atoms with Gasteiger partial charge < -0.3 is 74.2 Å². The lowest BCUT2D eigenvalue weighted by Gasteiger charge is -2.38. The number of aliphatic hydroxyl groups excluding tert-OH is 3. The van der Waals surface area contributed by atoms with Crippen LogP contribution in [0.2, 0.25) is 0 Å². The van der Waals surface area contributed by atoms with E-state index in [1.807, 2.05) is 0 Å². The van der Waals surface area contributed by atoms with E-state index < -0.39 is 54.5 Å². The van der Waals surface area contributed by atoms with Gasteiger partial charge in [-0.2, -0.15) is 0 Å². The smallest absolute Gasteiger partial charge is 0.335 e. The van der Waals surface area contributed by atoms with Gasteiger partial charge in [0.15, 0.2) is 34.9 Å². The molecule has 3 aliphatic heterocycles. The number of imide groups is 1. The molecule has 7 rings (SSSR count). The molecule has 434 valence electrons. The zero-order valence-corrected chi connectivity index (χ0v) is 45.1. The van der Waals surface area contributed by atoms with Crippen LogP contribution < -0.4 is 34.3 Å². The predicted octanol–water partition coefficient (Wildman–Crippen LogP) is 3.38.